The van der Waals surface area contributed by atoms with E-state index in [1.807, 2.05) is 6.92 Å². The molecule has 4 heteroatoms. The first-order chi connectivity index (χ1) is 10.2. The molecular weight excluding hydrogens is 280 g/mol. The van der Waals surface area contributed by atoms with Gasteiger partial charge < -0.3 is 10.1 Å². The highest BCUT2D eigenvalue weighted by molar-refractivity contribution is 7.99. The van der Waals surface area contributed by atoms with E-state index in [0.717, 1.165) is 30.4 Å². The maximum atomic E-state index is 5.05. The average molecular weight is 302 g/mol. The molecule has 3 nitrogen and oxygen atoms in total. The smallest absolute Gasteiger partial charge is 0.101 e. The molecule has 0 aliphatic heterocycles. The van der Waals surface area contributed by atoms with Gasteiger partial charge in [-0.15, -0.1) is 0 Å². The van der Waals surface area contributed by atoms with Gasteiger partial charge in [0.2, 0.25) is 0 Å². The standard InChI is InChI=1S/C17H22N2OS/c1-13-10-14(2)19-17(11-13)21-16-7-5-4-6-15(16)12-18-8-9-20-3/h4-7,10-11,18H,8-9,12H2,1-3H3. The van der Waals surface area contributed by atoms with E-state index in [4.69, 9.17) is 4.74 Å². The highest BCUT2D eigenvalue weighted by atomic mass is 32.2. The van der Waals surface area contributed by atoms with Crippen molar-refractivity contribution in [3.8, 4) is 0 Å². The van der Waals surface area contributed by atoms with Gasteiger partial charge >= 0.3 is 0 Å². The van der Waals surface area contributed by atoms with Crippen molar-refractivity contribution < 1.29 is 4.74 Å². The van der Waals surface area contributed by atoms with Gasteiger partial charge in [0.05, 0.1) is 6.61 Å². The molecule has 112 valence electrons. The number of methoxy groups -OCH3 is 1. The molecule has 1 N–H and O–H groups in total. The molecule has 0 aliphatic rings. The van der Waals surface area contributed by atoms with E-state index in [-0.39, 0.29) is 0 Å². The molecule has 2 rings (SSSR count). The van der Waals surface area contributed by atoms with Crippen molar-refractivity contribution in [2.45, 2.75) is 30.3 Å². The Balaban J connectivity index is 2.08. The lowest BCUT2D eigenvalue weighted by Gasteiger charge is -2.10. The molecule has 1 aromatic heterocycles. The second-order valence-electron chi connectivity index (χ2n) is 5.00. The zero-order valence-electron chi connectivity index (χ0n) is 12.8. The second kappa shape index (κ2) is 8.17. The van der Waals surface area contributed by atoms with Crippen LogP contribution in [0.3, 0.4) is 0 Å². The Labute approximate surface area is 131 Å². The minimum atomic E-state index is 0.730. The first kappa shape index (κ1) is 16.0. The Hall–Kier alpha value is -1.36. The quantitative estimate of drug-likeness (QED) is 0.793. The summed E-state index contributed by atoms with van der Waals surface area (Å²) in [5.74, 6) is 0. The van der Waals surface area contributed by atoms with E-state index in [0.29, 0.717) is 0 Å². The fourth-order valence-corrected chi connectivity index (χ4v) is 3.19. The molecule has 0 saturated heterocycles. The second-order valence-corrected chi connectivity index (χ2v) is 6.07. The molecule has 0 aliphatic carbocycles. The van der Waals surface area contributed by atoms with Crippen LogP contribution in [0.5, 0.6) is 0 Å². The number of benzene rings is 1. The van der Waals surface area contributed by atoms with Gasteiger partial charge in [-0.25, -0.2) is 4.98 Å². The van der Waals surface area contributed by atoms with E-state index >= 15 is 0 Å². The molecule has 0 bridgehead atoms. The third-order valence-electron chi connectivity index (χ3n) is 3.06. The highest BCUT2D eigenvalue weighted by Crippen LogP contribution is 2.29. The zero-order valence-corrected chi connectivity index (χ0v) is 13.7. The van der Waals surface area contributed by atoms with Gasteiger partial charge in [0.15, 0.2) is 0 Å². The van der Waals surface area contributed by atoms with Crippen LogP contribution in [-0.4, -0.2) is 25.2 Å². The number of hydrogen-bond donors (Lipinski definition) is 1. The predicted octanol–water partition coefficient (Wildman–Crippen LogP) is 3.59. The van der Waals surface area contributed by atoms with Crippen LogP contribution in [-0.2, 0) is 11.3 Å². The van der Waals surface area contributed by atoms with E-state index < -0.39 is 0 Å². The van der Waals surface area contributed by atoms with Gasteiger partial charge in [0.25, 0.3) is 0 Å². The molecule has 1 aromatic carbocycles. The van der Waals surface area contributed by atoms with Gasteiger partial charge in [-0.2, -0.15) is 0 Å². The lowest BCUT2D eigenvalue weighted by Crippen LogP contribution is -2.18. The largest absolute Gasteiger partial charge is 0.383 e. The minimum absolute atomic E-state index is 0.730. The molecule has 0 unspecified atom stereocenters. The predicted molar refractivity (Wildman–Crippen MR) is 87.9 cm³/mol. The molecule has 0 amide bonds. The molecule has 0 spiro atoms. The SMILES string of the molecule is COCCNCc1ccccc1Sc1cc(C)cc(C)n1. The van der Waals surface area contributed by atoms with Crippen molar-refractivity contribution in [1.29, 1.82) is 0 Å². The fraction of sp³-hybridized carbons (Fsp3) is 0.353. The Morgan fingerprint density at radius 3 is 2.76 bits per heavy atom. The first-order valence-corrected chi connectivity index (χ1v) is 7.91. The maximum absolute atomic E-state index is 5.05. The number of aromatic nitrogens is 1. The van der Waals surface area contributed by atoms with Crippen LogP contribution in [0.4, 0.5) is 0 Å². The van der Waals surface area contributed by atoms with Crippen LogP contribution >= 0.6 is 11.8 Å². The van der Waals surface area contributed by atoms with Crippen molar-refractivity contribution >= 4 is 11.8 Å². The summed E-state index contributed by atoms with van der Waals surface area (Å²) >= 11 is 1.72. The lowest BCUT2D eigenvalue weighted by molar-refractivity contribution is 0.199. The van der Waals surface area contributed by atoms with Crippen LogP contribution < -0.4 is 5.32 Å². The highest BCUT2D eigenvalue weighted by Gasteiger charge is 2.06. The molecule has 0 saturated carbocycles. The van der Waals surface area contributed by atoms with Gasteiger partial charge in [0, 0.05) is 30.8 Å². The van der Waals surface area contributed by atoms with E-state index in [9.17, 15) is 0 Å². The van der Waals surface area contributed by atoms with E-state index in [1.165, 1.54) is 16.0 Å². The van der Waals surface area contributed by atoms with Gasteiger partial charge in [-0.3, -0.25) is 0 Å². The van der Waals surface area contributed by atoms with Crippen LogP contribution in [0, 0.1) is 13.8 Å². The Bertz CT molecular complexity index is 567. The fourth-order valence-electron chi connectivity index (χ4n) is 2.12. The number of ether oxygens (including phenoxy) is 1. The summed E-state index contributed by atoms with van der Waals surface area (Å²) in [6, 6.07) is 12.7. The summed E-state index contributed by atoms with van der Waals surface area (Å²) in [6.07, 6.45) is 0. The number of nitrogens with one attached hydrogen (secondary N) is 1. The minimum Gasteiger partial charge on any atom is -0.383 e. The van der Waals surface area contributed by atoms with Crippen molar-refractivity contribution in [2.75, 3.05) is 20.3 Å². The average Bonchev–Trinajstić information content (AvgIpc) is 2.44. The third-order valence-corrected chi connectivity index (χ3v) is 4.10. The lowest BCUT2D eigenvalue weighted by atomic mass is 10.2. The Kier molecular flexibility index (Phi) is 6.23. The summed E-state index contributed by atoms with van der Waals surface area (Å²) < 4.78 is 5.05. The zero-order chi connectivity index (χ0) is 15.1. The summed E-state index contributed by atoms with van der Waals surface area (Å²) in [5, 5.41) is 4.45. The van der Waals surface area contributed by atoms with Crippen molar-refractivity contribution in [3.63, 3.8) is 0 Å². The number of hydrogen-bond acceptors (Lipinski definition) is 4. The van der Waals surface area contributed by atoms with Gasteiger partial charge in [0.1, 0.15) is 5.03 Å². The van der Waals surface area contributed by atoms with Crippen molar-refractivity contribution in [3.05, 3.63) is 53.2 Å². The molecule has 1 heterocycles. The van der Waals surface area contributed by atoms with Crippen molar-refractivity contribution in [1.82, 2.24) is 10.3 Å². The first-order valence-electron chi connectivity index (χ1n) is 7.10. The van der Waals surface area contributed by atoms with E-state index in [1.54, 1.807) is 18.9 Å². The maximum Gasteiger partial charge on any atom is 0.101 e. The monoisotopic (exact) mass is 302 g/mol. The third kappa shape index (κ3) is 5.16. The van der Waals surface area contributed by atoms with Crippen LogP contribution in [0.2, 0.25) is 0 Å². The topological polar surface area (TPSA) is 34.1 Å². The Morgan fingerprint density at radius 1 is 1.19 bits per heavy atom. The molecular formula is C17H22N2OS. The summed E-state index contributed by atoms with van der Waals surface area (Å²) in [4.78, 5) is 5.85. The molecule has 0 atom stereocenters. The number of nitrogens with zero attached hydrogens (tertiary/aromatic N) is 1. The number of pyridine rings is 1. The van der Waals surface area contributed by atoms with Gasteiger partial charge in [-0.05, 0) is 43.2 Å². The molecule has 21 heavy (non-hydrogen) atoms. The molecule has 2 aromatic rings. The van der Waals surface area contributed by atoms with Crippen LogP contribution in [0.15, 0.2) is 46.3 Å². The number of aryl methyl sites for hydroxylation is 2. The Morgan fingerprint density at radius 2 is 2.00 bits per heavy atom. The van der Waals surface area contributed by atoms with Crippen LogP contribution in [0.25, 0.3) is 0 Å². The normalized spacial score (nSPS) is 10.8. The summed E-state index contributed by atoms with van der Waals surface area (Å²) in [7, 11) is 1.72. The van der Waals surface area contributed by atoms with E-state index in [2.05, 4.69) is 53.6 Å². The molecule has 0 radical (unpaired) electrons. The molecule has 0 fully saturated rings. The summed E-state index contributed by atoms with van der Waals surface area (Å²) in [6.45, 7) is 6.58. The van der Waals surface area contributed by atoms with Crippen molar-refractivity contribution in [2.24, 2.45) is 0 Å². The van der Waals surface area contributed by atoms with Gasteiger partial charge in [-0.1, -0.05) is 30.0 Å². The van der Waals surface area contributed by atoms with Crippen LogP contribution in [0.1, 0.15) is 16.8 Å². The number of rotatable bonds is 7. The summed E-state index contributed by atoms with van der Waals surface area (Å²) in [5.41, 5.74) is 3.61.